The molecule has 1 aromatic carbocycles. The molecule has 250 valence electrons. The molecule has 0 unspecified atom stereocenters. The Morgan fingerprint density at radius 2 is 1.39 bits per heavy atom. The van der Waals surface area contributed by atoms with Crippen LogP contribution in [-0.4, -0.2) is 97.2 Å². The van der Waals surface area contributed by atoms with Gasteiger partial charge in [-0.05, 0) is 25.3 Å². The number of primary amides is 1. The van der Waals surface area contributed by atoms with E-state index in [1.54, 1.807) is 37.3 Å². The van der Waals surface area contributed by atoms with E-state index in [9.17, 15) is 38.4 Å². The quantitative estimate of drug-likeness (QED) is 0.0488. The summed E-state index contributed by atoms with van der Waals surface area (Å²) in [5, 5.41) is 12.3. The third-order valence-corrected chi connectivity index (χ3v) is 6.56. The van der Waals surface area contributed by atoms with Crippen LogP contribution in [-0.2, 0) is 49.5 Å². The van der Waals surface area contributed by atoms with Gasteiger partial charge in [0, 0.05) is 31.5 Å². The van der Waals surface area contributed by atoms with Crippen molar-refractivity contribution in [1.29, 1.82) is 0 Å². The highest BCUT2D eigenvalue weighted by molar-refractivity contribution is 6.12. The first-order chi connectivity index (χ1) is 21.9. The van der Waals surface area contributed by atoms with Gasteiger partial charge in [0.1, 0.15) is 12.8 Å². The second-order valence-electron chi connectivity index (χ2n) is 10.4. The van der Waals surface area contributed by atoms with Crippen molar-refractivity contribution in [3.63, 3.8) is 0 Å². The largest absolute Gasteiger partial charge is 0.370 e. The van der Waals surface area contributed by atoms with Gasteiger partial charge < -0.3 is 37.1 Å². The highest BCUT2D eigenvalue weighted by Gasteiger charge is 2.23. The van der Waals surface area contributed by atoms with Crippen LogP contribution in [0.2, 0.25) is 0 Å². The summed E-state index contributed by atoms with van der Waals surface area (Å²) < 4.78 is 5.25. The van der Waals surface area contributed by atoms with Crippen LogP contribution in [0.3, 0.4) is 0 Å². The lowest BCUT2D eigenvalue weighted by Gasteiger charge is -2.19. The molecule has 16 nitrogen and oxygen atoms in total. The predicted octanol–water partition coefficient (Wildman–Crippen LogP) is -2.10. The number of carbonyl (C=O) groups excluding carboxylic acids is 8. The van der Waals surface area contributed by atoms with Gasteiger partial charge in [-0.3, -0.25) is 43.3 Å². The number of imide groups is 1. The molecule has 1 aliphatic rings. The van der Waals surface area contributed by atoms with E-state index in [0.29, 0.717) is 19.3 Å². The molecule has 0 saturated heterocycles. The highest BCUT2D eigenvalue weighted by Crippen LogP contribution is 2.08. The molecule has 2 atom stereocenters. The van der Waals surface area contributed by atoms with Crippen molar-refractivity contribution in [2.24, 2.45) is 5.73 Å². The molecular formula is C30H41N7O9. The molecule has 0 aliphatic carbocycles. The average Bonchev–Trinajstić information content (AvgIpc) is 3.33. The fourth-order valence-corrected chi connectivity index (χ4v) is 4.16. The van der Waals surface area contributed by atoms with E-state index in [-0.39, 0.29) is 56.8 Å². The van der Waals surface area contributed by atoms with E-state index in [0.717, 1.165) is 10.5 Å². The summed E-state index contributed by atoms with van der Waals surface area (Å²) in [6.45, 7) is 0.468. The van der Waals surface area contributed by atoms with Gasteiger partial charge in [-0.2, -0.15) is 0 Å². The third kappa shape index (κ3) is 15.1. The standard InChI is InChI=1S/C30H41N7O9/c1-20(14-23(31)38)46-19-35-26(41)17-34-30(45)22(15-21-8-4-2-5-9-21)36-27(42)18-33-25(40)16-32-24(39)10-6-3-7-13-37-28(43)11-12-29(37)44/h2,4-5,8-9,11-12,20,22H,3,6-7,10,13-19H2,1H3,(H2,31,38)(H,32,39)(H,33,40)(H,34,45)(H,35,41)(H,36,42)/t20-,22-/m0/s1. The van der Waals surface area contributed by atoms with Crippen LogP contribution in [0.1, 0.15) is 44.6 Å². The monoisotopic (exact) mass is 643 g/mol. The summed E-state index contributed by atoms with van der Waals surface area (Å²) >= 11 is 0. The first-order valence-corrected chi connectivity index (χ1v) is 14.8. The summed E-state index contributed by atoms with van der Waals surface area (Å²) in [5.41, 5.74) is 5.83. The molecule has 1 heterocycles. The van der Waals surface area contributed by atoms with Gasteiger partial charge in [0.25, 0.3) is 11.8 Å². The van der Waals surface area contributed by atoms with Crippen molar-refractivity contribution in [1.82, 2.24) is 31.5 Å². The number of nitrogens with two attached hydrogens (primary N) is 1. The average molecular weight is 644 g/mol. The molecule has 46 heavy (non-hydrogen) atoms. The van der Waals surface area contributed by atoms with Crippen LogP contribution < -0.4 is 32.3 Å². The zero-order valence-electron chi connectivity index (χ0n) is 25.7. The van der Waals surface area contributed by atoms with Gasteiger partial charge in [0.15, 0.2) is 0 Å². The number of rotatable bonds is 21. The number of amides is 8. The number of unbranched alkanes of at least 4 members (excludes halogenated alkanes) is 2. The molecule has 0 radical (unpaired) electrons. The summed E-state index contributed by atoms with van der Waals surface area (Å²) in [7, 11) is 0. The Balaban J connectivity index is 1.70. The van der Waals surface area contributed by atoms with E-state index in [2.05, 4.69) is 26.6 Å². The minimum Gasteiger partial charge on any atom is -0.370 e. The highest BCUT2D eigenvalue weighted by atomic mass is 16.5. The zero-order valence-corrected chi connectivity index (χ0v) is 25.7. The second kappa shape index (κ2) is 20.0. The van der Waals surface area contributed by atoms with E-state index in [1.807, 2.05) is 0 Å². The van der Waals surface area contributed by atoms with Crippen LogP contribution in [0.25, 0.3) is 0 Å². The van der Waals surface area contributed by atoms with E-state index >= 15 is 0 Å². The van der Waals surface area contributed by atoms with Gasteiger partial charge in [-0.25, -0.2) is 0 Å². The van der Waals surface area contributed by atoms with Crippen molar-refractivity contribution in [3.05, 3.63) is 48.0 Å². The number of nitrogens with one attached hydrogen (secondary N) is 5. The first kappa shape index (κ1) is 37.1. The molecule has 0 fully saturated rings. The van der Waals surface area contributed by atoms with Crippen LogP contribution >= 0.6 is 0 Å². The summed E-state index contributed by atoms with van der Waals surface area (Å²) in [4.78, 5) is 96.8. The molecule has 1 aromatic rings. The maximum Gasteiger partial charge on any atom is 0.253 e. The molecule has 0 aromatic heterocycles. The van der Waals surface area contributed by atoms with Crippen LogP contribution in [0.5, 0.6) is 0 Å². The minimum absolute atomic E-state index is 0.0166. The minimum atomic E-state index is -1.07. The maximum atomic E-state index is 12.9. The normalized spacial score (nSPS) is 13.5. The first-order valence-electron chi connectivity index (χ1n) is 14.8. The molecule has 16 heteroatoms. The molecule has 0 spiro atoms. The number of benzene rings is 1. The fraction of sp³-hybridized carbons (Fsp3) is 0.467. The van der Waals surface area contributed by atoms with E-state index in [4.69, 9.17) is 10.5 Å². The van der Waals surface area contributed by atoms with Crippen molar-refractivity contribution < 1.29 is 43.1 Å². The number of carbonyl (C=O) groups is 8. The van der Waals surface area contributed by atoms with Crippen molar-refractivity contribution >= 4 is 47.3 Å². The molecule has 8 amide bonds. The van der Waals surface area contributed by atoms with Crippen LogP contribution in [0, 0.1) is 0 Å². The molecule has 7 N–H and O–H groups in total. The van der Waals surface area contributed by atoms with Gasteiger partial charge in [-0.1, -0.05) is 36.8 Å². The topological polar surface area (TPSA) is 235 Å². The van der Waals surface area contributed by atoms with E-state index < -0.39 is 54.8 Å². The number of nitrogens with zero attached hydrogens (tertiary/aromatic N) is 1. The number of hydrogen-bond acceptors (Lipinski definition) is 9. The Hall–Kier alpha value is -5.12. The summed E-state index contributed by atoms with van der Waals surface area (Å²) in [6.07, 6.45) is 3.81. The Morgan fingerprint density at radius 1 is 0.783 bits per heavy atom. The van der Waals surface area contributed by atoms with Gasteiger partial charge >= 0.3 is 0 Å². The SMILES string of the molecule is C[C@@H](CC(N)=O)OCNC(=O)CNC(=O)[C@H](Cc1ccccc1)NC(=O)CNC(=O)CNC(=O)CCCCCN1C(=O)C=CC1=O. The molecule has 2 rings (SSSR count). The van der Waals surface area contributed by atoms with Crippen molar-refractivity contribution in [2.75, 3.05) is 32.9 Å². The number of hydrogen-bond donors (Lipinski definition) is 6. The Labute approximate surface area is 266 Å². The van der Waals surface area contributed by atoms with Crippen molar-refractivity contribution in [3.8, 4) is 0 Å². The lowest BCUT2D eigenvalue weighted by atomic mass is 10.1. The smallest absolute Gasteiger partial charge is 0.253 e. The Morgan fingerprint density at radius 3 is 2.07 bits per heavy atom. The van der Waals surface area contributed by atoms with E-state index in [1.165, 1.54) is 12.2 Å². The second-order valence-corrected chi connectivity index (χ2v) is 10.4. The molecular weight excluding hydrogens is 602 g/mol. The number of ether oxygens (including phenoxy) is 1. The molecule has 0 bridgehead atoms. The Kier molecular flexibility index (Phi) is 16.1. The summed E-state index contributed by atoms with van der Waals surface area (Å²) in [6, 6.07) is 7.79. The van der Waals surface area contributed by atoms with Gasteiger partial charge in [0.2, 0.25) is 35.4 Å². The summed E-state index contributed by atoms with van der Waals surface area (Å²) in [5.74, 6) is -4.10. The molecule has 0 saturated carbocycles. The van der Waals surface area contributed by atoms with Gasteiger partial charge in [-0.15, -0.1) is 0 Å². The molecule has 1 aliphatic heterocycles. The van der Waals surface area contributed by atoms with Crippen LogP contribution in [0.15, 0.2) is 42.5 Å². The lowest BCUT2D eigenvalue weighted by molar-refractivity contribution is -0.137. The third-order valence-electron chi connectivity index (χ3n) is 6.56. The fourth-order valence-electron chi connectivity index (χ4n) is 4.16. The predicted molar refractivity (Wildman–Crippen MR) is 163 cm³/mol. The van der Waals surface area contributed by atoms with Gasteiger partial charge in [0.05, 0.1) is 32.2 Å². The van der Waals surface area contributed by atoms with Crippen molar-refractivity contribution in [2.45, 2.75) is 57.6 Å². The maximum absolute atomic E-state index is 12.9. The lowest BCUT2D eigenvalue weighted by Crippen LogP contribution is -2.52. The zero-order chi connectivity index (χ0) is 33.9. The Bertz CT molecular complexity index is 1270. The van der Waals surface area contributed by atoms with Crippen LogP contribution in [0.4, 0.5) is 0 Å².